The molecule has 0 radical (unpaired) electrons. The fraction of sp³-hybridized carbons (Fsp3) is 0.615. The van der Waals surface area contributed by atoms with Crippen LogP contribution < -0.4 is 10.5 Å². The van der Waals surface area contributed by atoms with Gasteiger partial charge in [0.1, 0.15) is 5.15 Å². The summed E-state index contributed by atoms with van der Waals surface area (Å²) in [6.45, 7) is 3.03. The molecule has 1 aromatic rings. The topological polar surface area (TPSA) is 48.1 Å². The van der Waals surface area contributed by atoms with Crippen LogP contribution in [0.25, 0.3) is 0 Å². The maximum Gasteiger partial charge on any atom is 0.216 e. The summed E-state index contributed by atoms with van der Waals surface area (Å²) in [5.41, 5.74) is 6.28. The molecule has 3 nitrogen and oxygen atoms in total. The number of nitrogens with two attached hydrogens (primary N) is 1. The number of pyridine rings is 1. The zero-order valence-corrected chi connectivity index (χ0v) is 10.9. The maximum absolute atomic E-state index is 5.82. The third-order valence-corrected chi connectivity index (χ3v) is 3.50. The van der Waals surface area contributed by atoms with Gasteiger partial charge in [0.2, 0.25) is 5.88 Å². The molecule has 17 heavy (non-hydrogen) atoms. The molecule has 0 aromatic carbocycles. The van der Waals surface area contributed by atoms with Gasteiger partial charge in [-0.25, -0.2) is 4.98 Å². The highest BCUT2D eigenvalue weighted by Crippen LogP contribution is 2.29. The number of ether oxygens (including phenoxy) is 1. The Labute approximate surface area is 107 Å². The zero-order valence-electron chi connectivity index (χ0n) is 10.2. The van der Waals surface area contributed by atoms with Crippen LogP contribution >= 0.6 is 11.6 Å². The molecular formula is C13H19ClN2O. The zero-order chi connectivity index (χ0) is 12.3. The van der Waals surface area contributed by atoms with Crippen molar-refractivity contribution in [3.63, 3.8) is 0 Å². The summed E-state index contributed by atoms with van der Waals surface area (Å²) in [5, 5.41) is 0.386. The summed E-state index contributed by atoms with van der Waals surface area (Å²) < 4.78 is 5.68. The van der Waals surface area contributed by atoms with Crippen LogP contribution in [-0.4, -0.2) is 11.6 Å². The van der Waals surface area contributed by atoms with E-state index in [1.54, 1.807) is 12.1 Å². The Balaban J connectivity index is 1.88. The molecule has 2 atom stereocenters. The molecule has 0 spiro atoms. The summed E-state index contributed by atoms with van der Waals surface area (Å²) in [7, 11) is 0. The van der Waals surface area contributed by atoms with Gasteiger partial charge in [0.25, 0.3) is 0 Å². The van der Waals surface area contributed by atoms with Crippen molar-refractivity contribution >= 4 is 17.3 Å². The minimum absolute atomic E-state index is 0.386. The highest BCUT2D eigenvalue weighted by Gasteiger charge is 2.19. The minimum atomic E-state index is 0.386. The van der Waals surface area contributed by atoms with Gasteiger partial charge in [0.05, 0.1) is 6.61 Å². The van der Waals surface area contributed by atoms with Gasteiger partial charge in [-0.1, -0.05) is 31.4 Å². The van der Waals surface area contributed by atoms with Crippen molar-refractivity contribution < 1.29 is 4.74 Å². The van der Waals surface area contributed by atoms with E-state index in [0.29, 0.717) is 22.6 Å². The Kier molecular flexibility index (Phi) is 4.11. The predicted molar refractivity (Wildman–Crippen MR) is 70.3 cm³/mol. The number of nitrogens with zero attached hydrogens (tertiary/aromatic N) is 1. The Morgan fingerprint density at radius 1 is 1.47 bits per heavy atom. The number of hydrogen-bond acceptors (Lipinski definition) is 3. The van der Waals surface area contributed by atoms with E-state index in [4.69, 9.17) is 22.1 Å². The lowest BCUT2D eigenvalue weighted by atomic mass is 9.83. The summed E-state index contributed by atoms with van der Waals surface area (Å²) in [6, 6.07) is 3.34. The Bertz CT molecular complexity index is 363. The van der Waals surface area contributed by atoms with Crippen molar-refractivity contribution in [2.24, 2.45) is 11.8 Å². The monoisotopic (exact) mass is 254 g/mol. The van der Waals surface area contributed by atoms with Crippen LogP contribution in [0.15, 0.2) is 12.1 Å². The molecule has 0 aliphatic heterocycles. The maximum atomic E-state index is 5.82. The van der Waals surface area contributed by atoms with E-state index in [1.807, 2.05) is 0 Å². The van der Waals surface area contributed by atoms with Gasteiger partial charge in [-0.3, -0.25) is 0 Å². The Morgan fingerprint density at radius 3 is 3.00 bits per heavy atom. The van der Waals surface area contributed by atoms with E-state index >= 15 is 0 Å². The highest BCUT2D eigenvalue weighted by molar-refractivity contribution is 6.29. The average Bonchev–Trinajstić information content (AvgIpc) is 2.25. The molecule has 1 aliphatic rings. The number of hydrogen-bond donors (Lipinski definition) is 1. The standard InChI is InChI=1S/C13H19ClN2O/c1-9-3-2-4-10(5-9)8-17-13-7-11(15)6-12(14)16-13/h6-7,9-10H,2-5,8H2,1H3,(H2,15,16). The molecule has 2 N–H and O–H groups in total. The van der Waals surface area contributed by atoms with E-state index in [1.165, 1.54) is 25.7 Å². The quantitative estimate of drug-likeness (QED) is 0.840. The van der Waals surface area contributed by atoms with Crippen molar-refractivity contribution in [2.75, 3.05) is 12.3 Å². The van der Waals surface area contributed by atoms with E-state index in [9.17, 15) is 0 Å². The van der Waals surface area contributed by atoms with Gasteiger partial charge in [-0.05, 0) is 30.7 Å². The lowest BCUT2D eigenvalue weighted by Gasteiger charge is -2.26. The first-order valence-corrected chi connectivity index (χ1v) is 6.57. The molecule has 1 heterocycles. The number of anilines is 1. The second kappa shape index (κ2) is 5.58. The van der Waals surface area contributed by atoms with E-state index < -0.39 is 0 Å². The first-order valence-electron chi connectivity index (χ1n) is 6.19. The molecule has 94 valence electrons. The first kappa shape index (κ1) is 12.5. The number of halogens is 1. The molecular weight excluding hydrogens is 236 g/mol. The Hall–Kier alpha value is -0.960. The third-order valence-electron chi connectivity index (χ3n) is 3.30. The van der Waals surface area contributed by atoms with Gasteiger partial charge in [-0.2, -0.15) is 0 Å². The fourth-order valence-electron chi connectivity index (χ4n) is 2.48. The fourth-order valence-corrected chi connectivity index (χ4v) is 2.69. The van der Waals surface area contributed by atoms with Gasteiger partial charge in [0.15, 0.2) is 0 Å². The summed E-state index contributed by atoms with van der Waals surface area (Å²) in [4.78, 5) is 4.10. The molecule has 1 fully saturated rings. The second-order valence-corrected chi connectivity index (χ2v) is 5.40. The van der Waals surface area contributed by atoms with Crippen LogP contribution in [0.2, 0.25) is 5.15 Å². The SMILES string of the molecule is CC1CCCC(COc2cc(N)cc(Cl)n2)C1. The summed E-state index contributed by atoms with van der Waals surface area (Å²) in [5.74, 6) is 1.99. The molecule has 4 heteroatoms. The van der Waals surface area contributed by atoms with E-state index in [-0.39, 0.29) is 0 Å². The lowest BCUT2D eigenvalue weighted by Crippen LogP contribution is -2.20. The van der Waals surface area contributed by atoms with Crippen LogP contribution in [0.3, 0.4) is 0 Å². The molecule has 0 saturated heterocycles. The van der Waals surface area contributed by atoms with Crippen molar-refractivity contribution in [1.29, 1.82) is 0 Å². The molecule has 1 aromatic heterocycles. The average molecular weight is 255 g/mol. The van der Waals surface area contributed by atoms with Crippen molar-refractivity contribution in [1.82, 2.24) is 4.98 Å². The van der Waals surface area contributed by atoms with Crippen LogP contribution in [0.4, 0.5) is 5.69 Å². The van der Waals surface area contributed by atoms with Crippen molar-refractivity contribution in [3.05, 3.63) is 17.3 Å². The highest BCUT2D eigenvalue weighted by atomic mass is 35.5. The smallest absolute Gasteiger partial charge is 0.216 e. The van der Waals surface area contributed by atoms with Crippen molar-refractivity contribution in [3.8, 4) is 5.88 Å². The summed E-state index contributed by atoms with van der Waals surface area (Å²) >= 11 is 5.82. The van der Waals surface area contributed by atoms with E-state index in [0.717, 1.165) is 12.5 Å². The number of nitrogen functional groups attached to an aromatic ring is 1. The minimum Gasteiger partial charge on any atom is -0.477 e. The molecule has 1 aliphatic carbocycles. The Morgan fingerprint density at radius 2 is 2.29 bits per heavy atom. The normalized spacial score (nSPS) is 24.6. The summed E-state index contributed by atoms with van der Waals surface area (Å²) in [6.07, 6.45) is 5.15. The molecule has 1 saturated carbocycles. The molecule has 2 unspecified atom stereocenters. The van der Waals surface area contributed by atoms with Crippen LogP contribution in [0.1, 0.15) is 32.6 Å². The molecule has 0 amide bonds. The number of aromatic nitrogens is 1. The van der Waals surface area contributed by atoms with Crippen LogP contribution in [-0.2, 0) is 0 Å². The van der Waals surface area contributed by atoms with Gasteiger partial charge in [0, 0.05) is 11.8 Å². The third kappa shape index (κ3) is 3.77. The predicted octanol–water partition coefficient (Wildman–Crippen LogP) is 3.52. The largest absolute Gasteiger partial charge is 0.477 e. The van der Waals surface area contributed by atoms with E-state index in [2.05, 4.69) is 11.9 Å². The lowest BCUT2D eigenvalue weighted by molar-refractivity contribution is 0.178. The number of rotatable bonds is 3. The molecule has 2 rings (SSSR count). The second-order valence-electron chi connectivity index (χ2n) is 5.01. The first-order chi connectivity index (χ1) is 8.13. The van der Waals surface area contributed by atoms with Gasteiger partial charge >= 0.3 is 0 Å². The van der Waals surface area contributed by atoms with Crippen LogP contribution in [0.5, 0.6) is 5.88 Å². The molecule has 0 bridgehead atoms. The van der Waals surface area contributed by atoms with Gasteiger partial charge in [-0.15, -0.1) is 0 Å². The van der Waals surface area contributed by atoms with Gasteiger partial charge < -0.3 is 10.5 Å². The van der Waals surface area contributed by atoms with Crippen LogP contribution in [0, 0.1) is 11.8 Å². The van der Waals surface area contributed by atoms with Crippen molar-refractivity contribution in [2.45, 2.75) is 32.6 Å².